The Kier molecular flexibility index (Phi) is 6.55. The molecule has 0 saturated heterocycles. The van der Waals surface area contributed by atoms with Crippen LogP contribution in [0.2, 0.25) is 0 Å². The number of nitrogens with zero attached hydrogens (tertiary/aromatic N) is 1. The molecule has 0 aliphatic heterocycles. The predicted octanol–water partition coefficient (Wildman–Crippen LogP) is 5.40. The number of hydrogen-bond acceptors (Lipinski definition) is 5. The molecule has 1 heterocycles. The van der Waals surface area contributed by atoms with Crippen molar-refractivity contribution in [2.75, 3.05) is 0 Å². The lowest BCUT2D eigenvalue weighted by Crippen LogP contribution is -2.26. The van der Waals surface area contributed by atoms with E-state index in [4.69, 9.17) is 20.3 Å². The highest BCUT2D eigenvalue weighted by Gasteiger charge is 2.26. The molecule has 3 aromatic rings. The van der Waals surface area contributed by atoms with E-state index in [2.05, 4.69) is 11.1 Å². The molecule has 3 N–H and O–H groups in total. The normalized spacial score (nSPS) is 14.1. The summed E-state index contributed by atoms with van der Waals surface area (Å²) in [6, 6.07) is 14.0. The summed E-state index contributed by atoms with van der Waals surface area (Å²) in [6.45, 7) is 1.98. The molecule has 4 rings (SSSR count). The van der Waals surface area contributed by atoms with E-state index in [1.165, 1.54) is 0 Å². The molecule has 1 saturated carbocycles. The topological polar surface area (TPSA) is 94.7 Å². The molecule has 33 heavy (non-hydrogen) atoms. The second kappa shape index (κ2) is 9.54. The van der Waals surface area contributed by atoms with Crippen LogP contribution < -0.4 is 15.2 Å². The molecule has 6 nitrogen and oxygen atoms in total. The summed E-state index contributed by atoms with van der Waals surface area (Å²) < 4.78 is 39.5. The standard InChI is InChI=1S/C25H24F2N2O4/c1-2-22(25(30)31)33-24-21(27)12-20(26)23(29-24)32-19-10-17(15-6-7-15)9-18(11-19)16-5-3-4-14(8-16)13-28/h3-5,8-12,15,22H,2,6-7,13,28H2,1H3,(H,30,31). The van der Waals surface area contributed by atoms with Crippen LogP contribution in [0.15, 0.2) is 48.5 Å². The van der Waals surface area contributed by atoms with Gasteiger partial charge in [0.25, 0.3) is 11.8 Å². The number of carbonyl (C=O) groups is 1. The molecule has 172 valence electrons. The fraction of sp³-hybridized carbons (Fsp3) is 0.280. The first-order valence-corrected chi connectivity index (χ1v) is 10.8. The lowest BCUT2D eigenvalue weighted by molar-refractivity contribution is -0.145. The maximum absolute atomic E-state index is 14.5. The molecular weight excluding hydrogens is 430 g/mol. The Morgan fingerprint density at radius 1 is 1.12 bits per heavy atom. The Morgan fingerprint density at radius 2 is 1.88 bits per heavy atom. The van der Waals surface area contributed by atoms with Gasteiger partial charge in [0.05, 0.1) is 0 Å². The van der Waals surface area contributed by atoms with Crippen molar-refractivity contribution in [3.05, 3.63) is 71.3 Å². The van der Waals surface area contributed by atoms with Crippen LogP contribution in [0.25, 0.3) is 11.1 Å². The Morgan fingerprint density at radius 3 is 2.55 bits per heavy atom. The van der Waals surface area contributed by atoms with E-state index in [0.29, 0.717) is 24.3 Å². The second-order valence-corrected chi connectivity index (χ2v) is 7.99. The number of carboxylic acids is 1. The molecular formula is C25H24F2N2O4. The Balaban J connectivity index is 1.69. The van der Waals surface area contributed by atoms with E-state index in [1.54, 1.807) is 13.0 Å². The lowest BCUT2D eigenvalue weighted by atomic mass is 9.99. The van der Waals surface area contributed by atoms with E-state index in [-0.39, 0.29) is 6.42 Å². The molecule has 8 heteroatoms. The fourth-order valence-corrected chi connectivity index (χ4v) is 3.52. The Hall–Kier alpha value is -3.52. The van der Waals surface area contributed by atoms with Gasteiger partial charge in [-0.2, -0.15) is 4.98 Å². The van der Waals surface area contributed by atoms with Crippen molar-refractivity contribution >= 4 is 5.97 Å². The van der Waals surface area contributed by atoms with Crippen molar-refractivity contribution in [2.24, 2.45) is 5.73 Å². The van der Waals surface area contributed by atoms with Crippen LogP contribution in [0, 0.1) is 11.6 Å². The molecule has 2 aromatic carbocycles. The van der Waals surface area contributed by atoms with E-state index < -0.39 is 35.5 Å². The van der Waals surface area contributed by atoms with Gasteiger partial charge in [-0.05, 0) is 65.6 Å². The van der Waals surface area contributed by atoms with Gasteiger partial charge in [0.1, 0.15) is 5.75 Å². The third-order valence-corrected chi connectivity index (χ3v) is 5.45. The molecule has 0 amide bonds. The van der Waals surface area contributed by atoms with Gasteiger partial charge in [0.2, 0.25) is 0 Å². The van der Waals surface area contributed by atoms with Gasteiger partial charge in [-0.15, -0.1) is 0 Å². The van der Waals surface area contributed by atoms with Crippen LogP contribution in [-0.4, -0.2) is 22.2 Å². The van der Waals surface area contributed by atoms with Crippen molar-refractivity contribution in [2.45, 2.75) is 44.8 Å². The van der Waals surface area contributed by atoms with E-state index >= 15 is 0 Å². The molecule has 1 fully saturated rings. The van der Waals surface area contributed by atoms with Crippen molar-refractivity contribution in [1.82, 2.24) is 4.98 Å². The van der Waals surface area contributed by atoms with Crippen LogP contribution in [-0.2, 0) is 11.3 Å². The van der Waals surface area contributed by atoms with Gasteiger partial charge in [-0.3, -0.25) is 0 Å². The zero-order valence-corrected chi connectivity index (χ0v) is 18.1. The van der Waals surface area contributed by atoms with Gasteiger partial charge in [0, 0.05) is 12.6 Å². The van der Waals surface area contributed by atoms with E-state index in [0.717, 1.165) is 35.1 Å². The molecule has 1 aliphatic carbocycles. The lowest BCUT2D eigenvalue weighted by Gasteiger charge is -2.15. The highest BCUT2D eigenvalue weighted by molar-refractivity contribution is 5.72. The minimum atomic E-state index is -1.31. The number of carboxylic acid groups (broad SMARTS) is 1. The zero-order valence-electron chi connectivity index (χ0n) is 18.1. The average Bonchev–Trinajstić information content (AvgIpc) is 3.65. The van der Waals surface area contributed by atoms with Gasteiger partial charge >= 0.3 is 5.97 Å². The monoisotopic (exact) mass is 454 g/mol. The Labute approximate surface area is 190 Å². The highest BCUT2D eigenvalue weighted by atomic mass is 19.1. The minimum Gasteiger partial charge on any atom is -0.479 e. The quantitative estimate of drug-likeness (QED) is 0.450. The maximum atomic E-state index is 14.5. The average molecular weight is 454 g/mol. The fourth-order valence-electron chi connectivity index (χ4n) is 3.52. The number of ether oxygens (including phenoxy) is 2. The second-order valence-electron chi connectivity index (χ2n) is 7.99. The summed E-state index contributed by atoms with van der Waals surface area (Å²) in [4.78, 5) is 15.0. The number of aromatic nitrogens is 1. The van der Waals surface area contributed by atoms with Gasteiger partial charge in [0.15, 0.2) is 17.7 Å². The van der Waals surface area contributed by atoms with Crippen molar-refractivity contribution in [3.63, 3.8) is 0 Å². The highest BCUT2D eigenvalue weighted by Crippen LogP contribution is 2.43. The minimum absolute atomic E-state index is 0.0820. The molecule has 1 aliphatic rings. The molecule has 1 aromatic heterocycles. The molecule has 1 unspecified atom stereocenters. The summed E-state index contributed by atoms with van der Waals surface area (Å²) in [5, 5.41) is 9.16. The molecule has 1 atom stereocenters. The van der Waals surface area contributed by atoms with Crippen LogP contribution in [0.5, 0.6) is 17.5 Å². The third-order valence-electron chi connectivity index (χ3n) is 5.45. The summed E-state index contributed by atoms with van der Waals surface area (Å²) in [7, 11) is 0. The molecule has 0 radical (unpaired) electrons. The maximum Gasteiger partial charge on any atom is 0.344 e. The zero-order chi connectivity index (χ0) is 23.5. The van der Waals surface area contributed by atoms with Crippen LogP contribution in [0.1, 0.15) is 43.2 Å². The number of benzene rings is 2. The molecule has 0 bridgehead atoms. The van der Waals surface area contributed by atoms with Crippen molar-refractivity contribution < 1.29 is 28.2 Å². The van der Waals surface area contributed by atoms with Gasteiger partial charge in [-0.25, -0.2) is 13.6 Å². The third kappa shape index (κ3) is 5.28. The number of nitrogens with two attached hydrogens (primary N) is 1. The van der Waals surface area contributed by atoms with Crippen LogP contribution in [0.4, 0.5) is 8.78 Å². The number of hydrogen-bond donors (Lipinski definition) is 2. The first kappa shape index (κ1) is 22.7. The van der Waals surface area contributed by atoms with Crippen LogP contribution in [0.3, 0.4) is 0 Å². The van der Waals surface area contributed by atoms with Gasteiger partial charge in [-0.1, -0.05) is 31.2 Å². The van der Waals surface area contributed by atoms with E-state index in [1.807, 2.05) is 30.3 Å². The summed E-state index contributed by atoms with van der Waals surface area (Å²) in [5.74, 6) is -3.79. The first-order chi connectivity index (χ1) is 15.9. The summed E-state index contributed by atoms with van der Waals surface area (Å²) in [6.07, 6.45) is 0.879. The number of aliphatic carboxylic acids is 1. The molecule has 0 spiro atoms. The number of pyridine rings is 1. The van der Waals surface area contributed by atoms with E-state index in [9.17, 15) is 13.6 Å². The number of rotatable bonds is 9. The Bertz CT molecular complexity index is 1180. The predicted molar refractivity (Wildman–Crippen MR) is 118 cm³/mol. The first-order valence-electron chi connectivity index (χ1n) is 10.8. The SMILES string of the molecule is CCC(Oc1nc(Oc2cc(-c3cccc(CN)c3)cc(C3CC3)c2)c(F)cc1F)C(=O)O. The van der Waals surface area contributed by atoms with Crippen molar-refractivity contribution in [1.29, 1.82) is 0 Å². The summed E-state index contributed by atoms with van der Waals surface area (Å²) >= 11 is 0. The smallest absolute Gasteiger partial charge is 0.344 e. The van der Waals surface area contributed by atoms with Crippen molar-refractivity contribution in [3.8, 4) is 28.6 Å². The van der Waals surface area contributed by atoms with Crippen LogP contribution >= 0.6 is 0 Å². The summed E-state index contributed by atoms with van der Waals surface area (Å²) in [5.41, 5.74) is 9.61. The number of halogens is 2. The largest absolute Gasteiger partial charge is 0.479 e. The van der Waals surface area contributed by atoms with Gasteiger partial charge < -0.3 is 20.3 Å².